The first-order valence-electron chi connectivity index (χ1n) is 9.41. The van der Waals surface area contributed by atoms with E-state index in [1.54, 1.807) is 11.8 Å². The summed E-state index contributed by atoms with van der Waals surface area (Å²) < 4.78 is 0. The quantitative estimate of drug-likeness (QED) is 0.726. The summed E-state index contributed by atoms with van der Waals surface area (Å²) in [6.07, 6.45) is 9.46. The minimum atomic E-state index is -0.0376. The predicted molar refractivity (Wildman–Crippen MR) is 103 cm³/mol. The Hall–Kier alpha value is -2.10. The van der Waals surface area contributed by atoms with Gasteiger partial charge < -0.3 is 10.2 Å². The molecule has 0 aliphatic heterocycles. The lowest BCUT2D eigenvalue weighted by Crippen LogP contribution is -2.34. The molecule has 0 spiro atoms. The van der Waals surface area contributed by atoms with Crippen LogP contribution in [0.15, 0.2) is 35.9 Å². The van der Waals surface area contributed by atoms with E-state index < -0.39 is 0 Å². The third kappa shape index (κ3) is 6.37. The molecule has 0 saturated carbocycles. The molecule has 0 heterocycles. The van der Waals surface area contributed by atoms with E-state index in [1.807, 2.05) is 24.3 Å². The van der Waals surface area contributed by atoms with Crippen molar-refractivity contribution >= 4 is 17.5 Å². The van der Waals surface area contributed by atoms with Gasteiger partial charge in [0.1, 0.15) is 0 Å². The van der Waals surface area contributed by atoms with Gasteiger partial charge in [-0.2, -0.15) is 0 Å². The van der Waals surface area contributed by atoms with Crippen LogP contribution < -0.4 is 10.2 Å². The molecule has 2 rings (SSSR count). The fourth-order valence-electron chi connectivity index (χ4n) is 3.18. The molecule has 1 aliphatic rings. The molecule has 1 N–H and O–H groups in total. The number of hydrogen-bond donors (Lipinski definition) is 1. The molecule has 25 heavy (non-hydrogen) atoms. The average molecular weight is 342 g/mol. The van der Waals surface area contributed by atoms with Gasteiger partial charge in [0.05, 0.1) is 0 Å². The van der Waals surface area contributed by atoms with Gasteiger partial charge in [-0.05, 0) is 56.2 Å². The smallest absolute Gasteiger partial charge is 0.223 e. The van der Waals surface area contributed by atoms with Crippen LogP contribution in [0.1, 0.15) is 57.9 Å². The van der Waals surface area contributed by atoms with E-state index in [9.17, 15) is 9.59 Å². The maximum absolute atomic E-state index is 12.1. The van der Waals surface area contributed by atoms with Crippen molar-refractivity contribution < 1.29 is 9.59 Å². The number of aryl methyl sites for hydroxylation is 1. The minimum absolute atomic E-state index is 0.00726. The van der Waals surface area contributed by atoms with Crippen molar-refractivity contribution in [3.05, 3.63) is 41.5 Å². The summed E-state index contributed by atoms with van der Waals surface area (Å²) in [5.41, 5.74) is 3.56. The molecular formula is C21H30N2O2. The maximum Gasteiger partial charge on any atom is 0.223 e. The van der Waals surface area contributed by atoms with Crippen molar-refractivity contribution in [1.29, 1.82) is 0 Å². The van der Waals surface area contributed by atoms with Crippen LogP contribution in [-0.4, -0.2) is 24.9 Å². The largest absolute Gasteiger partial charge is 0.356 e. The van der Waals surface area contributed by atoms with E-state index in [0.29, 0.717) is 19.5 Å². The number of hydrogen-bond acceptors (Lipinski definition) is 2. The summed E-state index contributed by atoms with van der Waals surface area (Å²) in [6.45, 7) is 4.75. The summed E-state index contributed by atoms with van der Waals surface area (Å²) >= 11 is 0. The normalized spacial score (nSPS) is 13.9. The summed E-state index contributed by atoms with van der Waals surface area (Å²) in [7, 11) is 0. The van der Waals surface area contributed by atoms with Gasteiger partial charge in [0, 0.05) is 32.1 Å². The molecule has 1 aromatic rings. The number of carbonyl (C=O) groups is 2. The summed E-state index contributed by atoms with van der Waals surface area (Å²) in [5, 5.41) is 2.98. The van der Waals surface area contributed by atoms with E-state index >= 15 is 0 Å². The van der Waals surface area contributed by atoms with Gasteiger partial charge in [-0.1, -0.05) is 30.7 Å². The molecule has 0 saturated heterocycles. The standard InChI is InChI=1S/C21H30N2O2/c1-3-18-9-11-20(12-10-18)23(17(2)24)16-14-21(25)22-15-13-19-7-5-4-6-8-19/h7,9-12H,3-6,8,13-16H2,1-2H3,(H,22,25). The van der Waals surface area contributed by atoms with Gasteiger partial charge in [-0.25, -0.2) is 0 Å². The number of nitrogens with zero attached hydrogens (tertiary/aromatic N) is 1. The SMILES string of the molecule is CCc1ccc(N(CCC(=O)NCCC2=CCCCC2)C(C)=O)cc1. The van der Waals surface area contributed by atoms with E-state index in [0.717, 1.165) is 18.5 Å². The fourth-order valence-corrected chi connectivity index (χ4v) is 3.18. The van der Waals surface area contributed by atoms with Gasteiger partial charge in [0.2, 0.25) is 11.8 Å². The predicted octanol–water partition coefficient (Wildman–Crippen LogP) is 4.00. The molecule has 0 radical (unpaired) electrons. The first-order valence-corrected chi connectivity index (χ1v) is 9.41. The molecule has 0 unspecified atom stereocenters. The van der Waals surface area contributed by atoms with Crippen LogP contribution in [0, 0.1) is 0 Å². The number of carbonyl (C=O) groups excluding carboxylic acids is 2. The monoisotopic (exact) mass is 342 g/mol. The summed E-state index contributed by atoms with van der Waals surface area (Å²) in [5.74, 6) is -0.0303. The highest BCUT2D eigenvalue weighted by Crippen LogP contribution is 2.19. The number of nitrogens with one attached hydrogen (secondary N) is 1. The molecule has 0 aromatic heterocycles. The summed E-state index contributed by atoms with van der Waals surface area (Å²) in [4.78, 5) is 25.7. The second-order valence-corrected chi connectivity index (χ2v) is 6.65. The van der Waals surface area contributed by atoms with E-state index in [4.69, 9.17) is 0 Å². The maximum atomic E-state index is 12.1. The molecule has 1 aromatic carbocycles. The lowest BCUT2D eigenvalue weighted by atomic mass is 9.97. The third-order valence-electron chi connectivity index (χ3n) is 4.75. The molecule has 136 valence electrons. The number of benzene rings is 1. The molecule has 0 bridgehead atoms. The first-order chi connectivity index (χ1) is 12.1. The lowest BCUT2D eigenvalue weighted by molar-refractivity contribution is -0.121. The number of anilines is 1. The van der Waals surface area contributed by atoms with E-state index in [-0.39, 0.29) is 11.8 Å². The molecule has 4 nitrogen and oxygen atoms in total. The van der Waals surface area contributed by atoms with Crippen molar-refractivity contribution in [2.45, 2.75) is 58.8 Å². The van der Waals surface area contributed by atoms with Crippen molar-refractivity contribution in [2.24, 2.45) is 0 Å². The van der Waals surface area contributed by atoms with Crippen LogP contribution in [0.5, 0.6) is 0 Å². The molecule has 1 aliphatic carbocycles. The topological polar surface area (TPSA) is 49.4 Å². The van der Waals surface area contributed by atoms with Crippen LogP contribution in [-0.2, 0) is 16.0 Å². The Morgan fingerprint density at radius 1 is 1.16 bits per heavy atom. The number of rotatable bonds is 8. The van der Waals surface area contributed by atoms with E-state index in [1.165, 1.54) is 36.8 Å². The Balaban J connectivity index is 1.78. The van der Waals surface area contributed by atoms with Crippen molar-refractivity contribution in [1.82, 2.24) is 5.32 Å². The molecule has 2 amide bonds. The third-order valence-corrected chi connectivity index (χ3v) is 4.75. The molecule has 0 fully saturated rings. The van der Waals surface area contributed by atoms with Gasteiger partial charge in [-0.15, -0.1) is 0 Å². The first kappa shape index (κ1) is 19.2. The zero-order valence-electron chi connectivity index (χ0n) is 15.5. The zero-order valence-corrected chi connectivity index (χ0v) is 15.5. The van der Waals surface area contributed by atoms with Gasteiger partial charge in [-0.3, -0.25) is 9.59 Å². The highest BCUT2D eigenvalue weighted by molar-refractivity contribution is 5.92. The Kier molecular flexibility index (Phi) is 7.71. The second-order valence-electron chi connectivity index (χ2n) is 6.65. The average Bonchev–Trinajstić information content (AvgIpc) is 2.63. The van der Waals surface area contributed by atoms with Gasteiger partial charge >= 0.3 is 0 Å². The van der Waals surface area contributed by atoms with Crippen LogP contribution in [0.2, 0.25) is 0 Å². The van der Waals surface area contributed by atoms with E-state index in [2.05, 4.69) is 18.3 Å². The lowest BCUT2D eigenvalue weighted by Gasteiger charge is -2.21. The highest BCUT2D eigenvalue weighted by Gasteiger charge is 2.13. The zero-order chi connectivity index (χ0) is 18.1. The van der Waals surface area contributed by atoms with Gasteiger partial charge in [0.15, 0.2) is 0 Å². The minimum Gasteiger partial charge on any atom is -0.356 e. The summed E-state index contributed by atoms with van der Waals surface area (Å²) in [6, 6.07) is 7.97. The second kappa shape index (κ2) is 10.0. The van der Waals surface area contributed by atoms with Crippen LogP contribution >= 0.6 is 0 Å². The van der Waals surface area contributed by atoms with Crippen LogP contribution in [0.25, 0.3) is 0 Å². The van der Waals surface area contributed by atoms with Crippen molar-refractivity contribution in [3.63, 3.8) is 0 Å². The van der Waals surface area contributed by atoms with Crippen LogP contribution in [0.4, 0.5) is 5.69 Å². The molecule has 0 atom stereocenters. The Morgan fingerprint density at radius 2 is 1.92 bits per heavy atom. The number of amides is 2. The Morgan fingerprint density at radius 3 is 2.52 bits per heavy atom. The highest BCUT2D eigenvalue weighted by atomic mass is 16.2. The Labute approximate surface area is 151 Å². The van der Waals surface area contributed by atoms with Crippen molar-refractivity contribution in [2.75, 3.05) is 18.0 Å². The molecule has 4 heteroatoms. The number of allylic oxidation sites excluding steroid dienone is 1. The Bertz CT molecular complexity index is 605. The van der Waals surface area contributed by atoms with Gasteiger partial charge in [0.25, 0.3) is 0 Å². The van der Waals surface area contributed by atoms with Crippen LogP contribution in [0.3, 0.4) is 0 Å². The molecular weight excluding hydrogens is 312 g/mol. The van der Waals surface area contributed by atoms with Crippen molar-refractivity contribution in [3.8, 4) is 0 Å². The fraction of sp³-hybridized carbons (Fsp3) is 0.524.